The minimum Gasteiger partial charge on any atom is -0.370 e. The van der Waals surface area contributed by atoms with Crippen molar-refractivity contribution in [2.75, 3.05) is 18.0 Å². The molecule has 0 spiro atoms. The van der Waals surface area contributed by atoms with Gasteiger partial charge < -0.3 is 10.6 Å². The minimum absolute atomic E-state index is 0.228. The molecule has 3 rings (SSSR count). The van der Waals surface area contributed by atoms with E-state index in [0.29, 0.717) is 5.92 Å². The van der Waals surface area contributed by atoms with Gasteiger partial charge in [0.1, 0.15) is 0 Å². The molecule has 2 aromatic carbocycles. The average molecular weight is 301 g/mol. The van der Waals surface area contributed by atoms with E-state index in [1.807, 2.05) is 18.2 Å². The van der Waals surface area contributed by atoms with Gasteiger partial charge in [0.2, 0.25) is 0 Å². The molecular weight excluding hydrogens is 280 g/mol. The number of benzene rings is 2. The Morgan fingerprint density at radius 3 is 2.62 bits per heavy atom. The molecule has 2 atom stereocenters. The normalized spacial score (nSPS) is 22.3. The van der Waals surface area contributed by atoms with Gasteiger partial charge in [-0.05, 0) is 42.5 Å². The quantitative estimate of drug-likeness (QED) is 0.936. The lowest BCUT2D eigenvalue weighted by atomic mass is 9.89. The fourth-order valence-corrected chi connectivity index (χ4v) is 3.41. The summed E-state index contributed by atoms with van der Waals surface area (Å²) in [6.45, 7) is 1.95. The molecule has 1 fully saturated rings. The van der Waals surface area contributed by atoms with Crippen molar-refractivity contribution in [3.8, 4) is 0 Å². The Morgan fingerprint density at radius 1 is 1.05 bits per heavy atom. The summed E-state index contributed by atoms with van der Waals surface area (Å²) in [5, 5.41) is 0.784. The van der Waals surface area contributed by atoms with Crippen LogP contribution in [-0.2, 0) is 6.42 Å². The monoisotopic (exact) mass is 300 g/mol. The molecule has 1 saturated heterocycles. The largest absolute Gasteiger partial charge is 0.370 e. The molecule has 1 aliphatic heterocycles. The second-order valence-electron chi connectivity index (χ2n) is 5.94. The Kier molecular flexibility index (Phi) is 4.47. The fraction of sp³-hybridized carbons (Fsp3) is 0.333. The molecule has 2 N–H and O–H groups in total. The van der Waals surface area contributed by atoms with Gasteiger partial charge in [0.05, 0.1) is 0 Å². The molecule has 0 aromatic heterocycles. The van der Waals surface area contributed by atoms with Crippen molar-refractivity contribution in [3.05, 3.63) is 65.2 Å². The Labute approximate surface area is 131 Å². The molecule has 0 aliphatic carbocycles. The van der Waals surface area contributed by atoms with E-state index in [1.165, 1.54) is 11.3 Å². The lowest BCUT2D eigenvalue weighted by Crippen LogP contribution is -2.47. The third-order valence-corrected chi connectivity index (χ3v) is 4.35. The summed E-state index contributed by atoms with van der Waals surface area (Å²) in [5.74, 6) is 0.593. The van der Waals surface area contributed by atoms with Crippen molar-refractivity contribution in [1.82, 2.24) is 0 Å². The molecule has 2 nitrogen and oxygen atoms in total. The molecule has 2 aromatic rings. The van der Waals surface area contributed by atoms with E-state index in [1.54, 1.807) is 0 Å². The molecule has 2 unspecified atom stereocenters. The Bertz CT molecular complexity index is 585. The van der Waals surface area contributed by atoms with E-state index in [-0.39, 0.29) is 6.04 Å². The number of rotatable bonds is 3. The zero-order valence-electron chi connectivity index (χ0n) is 12.1. The molecule has 3 heteroatoms. The number of piperidine rings is 1. The number of hydrogen-bond acceptors (Lipinski definition) is 2. The third kappa shape index (κ3) is 3.78. The van der Waals surface area contributed by atoms with E-state index < -0.39 is 0 Å². The van der Waals surface area contributed by atoms with Gasteiger partial charge in [-0.1, -0.05) is 48.0 Å². The highest BCUT2D eigenvalue weighted by atomic mass is 35.5. The van der Waals surface area contributed by atoms with Crippen molar-refractivity contribution >= 4 is 17.3 Å². The van der Waals surface area contributed by atoms with Crippen LogP contribution in [0.3, 0.4) is 0 Å². The van der Waals surface area contributed by atoms with Gasteiger partial charge in [-0.2, -0.15) is 0 Å². The predicted octanol–water partition coefficient (Wildman–Crippen LogP) is 3.74. The van der Waals surface area contributed by atoms with E-state index >= 15 is 0 Å². The zero-order valence-corrected chi connectivity index (χ0v) is 12.8. The van der Waals surface area contributed by atoms with Crippen molar-refractivity contribution in [1.29, 1.82) is 0 Å². The van der Waals surface area contributed by atoms with Gasteiger partial charge in [-0.3, -0.25) is 0 Å². The molecule has 0 amide bonds. The van der Waals surface area contributed by atoms with Gasteiger partial charge in [0.25, 0.3) is 0 Å². The van der Waals surface area contributed by atoms with Crippen LogP contribution in [-0.4, -0.2) is 19.1 Å². The smallest absolute Gasteiger partial charge is 0.0426 e. The SMILES string of the molecule is NC1CC(Cc2ccccc2)CN(c2cccc(Cl)c2)C1. The maximum atomic E-state index is 6.27. The molecule has 1 heterocycles. The standard InChI is InChI=1S/C18H21ClN2/c19-16-7-4-8-18(11-16)21-12-15(10-17(20)13-21)9-14-5-2-1-3-6-14/h1-8,11,15,17H,9-10,12-13,20H2. The molecule has 110 valence electrons. The maximum Gasteiger partial charge on any atom is 0.0426 e. The second-order valence-corrected chi connectivity index (χ2v) is 6.37. The third-order valence-electron chi connectivity index (χ3n) is 4.11. The lowest BCUT2D eigenvalue weighted by Gasteiger charge is -2.38. The highest BCUT2D eigenvalue weighted by Crippen LogP contribution is 2.26. The van der Waals surface area contributed by atoms with Crippen molar-refractivity contribution in [2.45, 2.75) is 18.9 Å². The van der Waals surface area contributed by atoms with Crippen LogP contribution in [0, 0.1) is 5.92 Å². The molecule has 21 heavy (non-hydrogen) atoms. The molecule has 0 saturated carbocycles. The van der Waals surface area contributed by atoms with Gasteiger partial charge in [0, 0.05) is 29.8 Å². The summed E-state index contributed by atoms with van der Waals surface area (Å²) >= 11 is 6.11. The van der Waals surface area contributed by atoms with Gasteiger partial charge in [0.15, 0.2) is 0 Å². The number of halogens is 1. The van der Waals surface area contributed by atoms with Gasteiger partial charge in [-0.25, -0.2) is 0 Å². The number of hydrogen-bond donors (Lipinski definition) is 1. The van der Waals surface area contributed by atoms with Crippen LogP contribution in [0.15, 0.2) is 54.6 Å². The van der Waals surface area contributed by atoms with Gasteiger partial charge in [-0.15, -0.1) is 0 Å². The van der Waals surface area contributed by atoms with Crippen LogP contribution in [0.4, 0.5) is 5.69 Å². The van der Waals surface area contributed by atoms with Crippen LogP contribution in [0.5, 0.6) is 0 Å². The van der Waals surface area contributed by atoms with Crippen LogP contribution in [0.2, 0.25) is 5.02 Å². The van der Waals surface area contributed by atoms with E-state index in [4.69, 9.17) is 17.3 Å². The van der Waals surface area contributed by atoms with Crippen LogP contribution >= 0.6 is 11.6 Å². The summed E-state index contributed by atoms with van der Waals surface area (Å²) in [4.78, 5) is 2.37. The summed E-state index contributed by atoms with van der Waals surface area (Å²) in [5.41, 5.74) is 8.84. The minimum atomic E-state index is 0.228. The fourth-order valence-electron chi connectivity index (χ4n) is 3.23. The molecular formula is C18H21ClN2. The average Bonchev–Trinajstić information content (AvgIpc) is 2.48. The topological polar surface area (TPSA) is 29.3 Å². The second kappa shape index (κ2) is 6.50. The van der Waals surface area contributed by atoms with Crippen LogP contribution < -0.4 is 10.6 Å². The highest BCUT2D eigenvalue weighted by Gasteiger charge is 2.25. The number of nitrogens with zero attached hydrogens (tertiary/aromatic N) is 1. The number of anilines is 1. The number of nitrogens with two attached hydrogens (primary N) is 1. The first kappa shape index (κ1) is 14.4. The Morgan fingerprint density at radius 2 is 1.86 bits per heavy atom. The molecule has 0 bridgehead atoms. The van der Waals surface area contributed by atoms with Crippen LogP contribution in [0.25, 0.3) is 0 Å². The van der Waals surface area contributed by atoms with Crippen molar-refractivity contribution in [2.24, 2.45) is 11.7 Å². The zero-order chi connectivity index (χ0) is 14.7. The van der Waals surface area contributed by atoms with Crippen LogP contribution in [0.1, 0.15) is 12.0 Å². The lowest BCUT2D eigenvalue weighted by molar-refractivity contribution is 0.374. The Balaban J connectivity index is 1.72. The van der Waals surface area contributed by atoms with E-state index in [2.05, 4.69) is 41.3 Å². The first-order valence-corrected chi connectivity index (χ1v) is 7.88. The maximum absolute atomic E-state index is 6.27. The highest BCUT2D eigenvalue weighted by molar-refractivity contribution is 6.30. The Hall–Kier alpha value is -1.51. The van der Waals surface area contributed by atoms with Crippen molar-refractivity contribution < 1.29 is 0 Å². The summed E-state index contributed by atoms with van der Waals surface area (Å²) < 4.78 is 0. The first-order valence-electron chi connectivity index (χ1n) is 7.51. The van der Waals surface area contributed by atoms with E-state index in [9.17, 15) is 0 Å². The first-order chi connectivity index (χ1) is 10.2. The van der Waals surface area contributed by atoms with E-state index in [0.717, 1.165) is 31.0 Å². The summed E-state index contributed by atoms with van der Waals surface area (Å²) in [6.07, 6.45) is 2.18. The predicted molar refractivity (Wildman–Crippen MR) is 89.9 cm³/mol. The molecule has 1 aliphatic rings. The summed E-state index contributed by atoms with van der Waals surface area (Å²) in [6, 6.07) is 19.0. The summed E-state index contributed by atoms with van der Waals surface area (Å²) in [7, 11) is 0. The van der Waals surface area contributed by atoms with Crippen molar-refractivity contribution in [3.63, 3.8) is 0 Å². The van der Waals surface area contributed by atoms with Gasteiger partial charge >= 0.3 is 0 Å². The molecule has 0 radical (unpaired) electrons.